The standard InChI is InChI=1S/C20H26N6O/c1-4-10-25-19-17(22-16(23-19)13-24(2)3)18-21-15(12-26(18)20(25)27)11-14-8-6-5-7-9-14/h5-9,15,21H,4,10-13H2,1-3H3/t15-/m1/s1. The highest BCUT2D eigenvalue weighted by atomic mass is 16.1. The van der Waals surface area contributed by atoms with Gasteiger partial charge in [-0.2, -0.15) is 0 Å². The lowest BCUT2D eigenvalue weighted by molar-refractivity contribution is 0.392. The minimum Gasteiger partial charge on any atom is -0.365 e. The van der Waals surface area contributed by atoms with E-state index in [1.807, 2.05) is 41.8 Å². The van der Waals surface area contributed by atoms with E-state index in [-0.39, 0.29) is 11.7 Å². The Balaban J connectivity index is 1.73. The largest absolute Gasteiger partial charge is 0.365 e. The molecule has 3 heterocycles. The van der Waals surface area contributed by atoms with E-state index in [0.29, 0.717) is 25.5 Å². The van der Waals surface area contributed by atoms with E-state index >= 15 is 0 Å². The molecule has 0 aliphatic carbocycles. The van der Waals surface area contributed by atoms with Crippen LogP contribution in [0.5, 0.6) is 0 Å². The van der Waals surface area contributed by atoms with Crippen molar-refractivity contribution in [1.29, 1.82) is 0 Å². The van der Waals surface area contributed by atoms with Crippen LogP contribution in [0.15, 0.2) is 35.1 Å². The van der Waals surface area contributed by atoms with Gasteiger partial charge in [-0.15, -0.1) is 0 Å². The predicted octanol–water partition coefficient (Wildman–Crippen LogP) is 2.05. The smallest absolute Gasteiger partial charge is 0.331 e. The Labute approximate surface area is 159 Å². The predicted molar refractivity (Wildman–Crippen MR) is 106 cm³/mol. The van der Waals surface area contributed by atoms with Crippen LogP contribution in [-0.4, -0.2) is 44.1 Å². The zero-order valence-corrected chi connectivity index (χ0v) is 16.1. The summed E-state index contributed by atoms with van der Waals surface area (Å²) in [5, 5.41) is 3.54. The molecule has 0 aromatic heterocycles. The summed E-state index contributed by atoms with van der Waals surface area (Å²) >= 11 is 0. The number of nitrogens with zero attached hydrogens (tertiary/aromatic N) is 5. The minimum atomic E-state index is -0.00119. The second kappa shape index (κ2) is 7.15. The summed E-state index contributed by atoms with van der Waals surface area (Å²) in [6, 6.07) is 10.5. The van der Waals surface area contributed by atoms with Gasteiger partial charge in [0, 0.05) is 19.1 Å². The average molecular weight is 366 g/mol. The van der Waals surface area contributed by atoms with E-state index in [1.165, 1.54) is 5.56 Å². The van der Waals surface area contributed by atoms with E-state index in [4.69, 9.17) is 4.98 Å². The Morgan fingerprint density at radius 2 is 2.00 bits per heavy atom. The number of rotatable bonds is 6. The third-order valence-corrected chi connectivity index (χ3v) is 4.87. The molecule has 7 heteroatoms. The number of benzene rings is 1. The minimum absolute atomic E-state index is 0.00119. The van der Waals surface area contributed by atoms with Crippen LogP contribution in [0.25, 0.3) is 11.5 Å². The van der Waals surface area contributed by atoms with Crippen LogP contribution < -0.4 is 11.0 Å². The summed E-state index contributed by atoms with van der Waals surface area (Å²) in [6.45, 7) is 4.03. The molecule has 1 aromatic carbocycles. The van der Waals surface area contributed by atoms with Crippen molar-refractivity contribution in [3.05, 3.63) is 52.2 Å². The van der Waals surface area contributed by atoms with Crippen molar-refractivity contribution >= 4 is 5.82 Å². The molecule has 0 spiro atoms. The van der Waals surface area contributed by atoms with Crippen molar-refractivity contribution in [3.8, 4) is 11.5 Å². The van der Waals surface area contributed by atoms with E-state index < -0.39 is 0 Å². The summed E-state index contributed by atoms with van der Waals surface area (Å²) in [5.41, 5.74) is 2.06. The highest BCUT2D eigenvalue weighted by molar-refractivity contribution is 5.69. The first-order chi connectivity index (χ1) is 13.1. The number of aromatic nitrogens is 4. The molecule has 1 N–H and O–H groups in total. The normalized spacial score (nSPS) is 16.1. The molecule has 3 aliphatic heterocycles. The molecule has 0 amide bonds. The lowest BCUT2D eigenvalue weighted by Gasteiger charge is -2.13. The fourth-order valence-corrected chi connectivity index (χ4v) is 3.75. The number of imidazole rings is 1. The molecule has 142 valence electrons. The van der Waals surface area contributed by atoms with Crippen LogP contribution in [0.3, 0.4) is 0 Å². The maximum absolute atomic E-state index is 13.1. The Kier molecular flexibility index (Phi) is 4.70. The zero-order valence-electron chi connectivity index (χ0n) is 16.1. The van der Waals surface area contributed by atoms with Crippen LogP contribution in [0.1, 0.15) is 24.7 Å². The average Bonchev–Trinajstić information content (AvgIpc) is 3.23. The molecule has 0 fully saturated rings. The van der Waals surface area contributed by atoms with Crippen LogP contribution in [0, 0.1) is 0 Å². The third kappa shape index (κ3) is 3.35. The SMILES string of the molecule is CCCn1c2nc(CN(C)C)nc-2c2n(c1=O)C[C@@H](Cc1ccccc1)N2. The molecule has 0 unspecified atom stereocenters. The lowest BCUT2D eigenvalue weighted by atomic mass is 10.1. The molecular weight excluding hydrogens is 340 g/mol. The first-order valence-electron chi connectivity index (χ1n) is 9.52. The van der Waals surface area contributed by atoms with Crippen molar-refractivity contribution < 1.29 is 0 Å². The van der Waals surface area contributed by atoms with Gasteiger partial charge < -0.3 is 10.2 Å². The van der Waals surface area contributed by atoms with E-state index in [0.717, 1.165) is 30.2 Å². The summed E-state index contributed by atoms with van der Waals surface area (Å²) in [7, 11) is 3.99. The molecule has 0 saturated carbocycles. The molecule has 1 aromatic rings. The maximum atomic E-state index is 13.1. The Bertz CT molecular complexity index is 959. The number of anilines is 1. The Morgan fingerprint density at radius 1 is 1.22 bits per heavy atom. The van der Waals surface area contributed by atoms with Crippen molar-refractivity contribution in [2.24, 2.45) is 0 Å². The van der Waals surface area contributed by atoms with Crippen molar-refractivity contribution in [1.82, 2.24) is 24.0 Å². The maximum Gasteiger partial charge on any atom is 0.331 e. The van der Waals surface area contributed by atoms with Crippen LogP contribution in [-0.2, 0) is 26.1 Å². The fraction of sp³-hybridized carbons (Fsp3) is 0.450. The van der Waals surface area contributed by atoms with Gasteiger partial charge in [-0.05, 0) is 32.5 Å². The first-order valence-corrected chi connectivity index (χ1v) is 9.52. The van der Waals surface area contributed by atoms with Crippen LogP contribution in [0.4, 0.5) is 5.82 Å². The molecule has 1 atom stereocenters. The van der Waals surface area contributed by atoms with Gasteiger partial charge >= 0.3 is 5.69 Å². The van der Waals surface area contributed by atoms with Gasteiger partial charge in [-0.25, -0.2) is 14.8 Å². The number of fused-ring (bicyclic) bond motifs is 3. The molecule has 0 bridgehead atoms. The summed E-state index contributed by atoms with van der Waals surface area (Å²) in [4.78, 5) is 24.6. The van der Waals surface area contributed by atoms with Crippen LogP contribution >= 0.6 is 0 Å². The third-order valence-electron chi connectivity index (χ3n) is 4.87. The Hall–Kier alpha value is -2.67. The summed E-state index contributed by atoms with van der Waals surface area (Å²) in [5.74, 6) is 2.25. The zero-order chi connectivity index (χ0) is 19.0. The first kappa shape index (κ1) is 17.7. The number of nitrogens with one attached hydrogen (secondary N) is 1. The van der Waals surface area contributed by atoms with Gasteiger partial charge in [-0.3, -0.25) is 9.13 Å². The highest BCUT2D eigenvalue weighted by Crippen LogP contribution is 2.31. The molecule has 27 heavy (non-hydrogen) atoms. The number of hydrogen-bond acceptors (Lipinski definition) is 5. The Morgan fingerprint density at radius 3 is 2.70 bits per heavy atom. The molecular formula is C20H26N6O. The van der Waals surface area contributed by atoms with E-state index in [1.54, 1.807) is 4.57 Å². The van der Waals surface area contributed by atoms with Crippen molar-refractivity contribution in [2.45, 2.75) is 45.4 Å². The fourth-order valence-electron chi connectivity index (χ4n) is 3.75. The van der Waals surface area contributed by atoms with E-state index in [2.05, 4.69) is 29.4 Å². The summed E-state index contributed by atoms with van der Waals surface area (Å²) in [6.07, 6.45) is 1.75. The molecule has 4 rings (SSSR count). The quantitative estimate of drug-likeness (QED) is 0.723. The van der Waals surface area contributed by atoms with Gasteiger partial charge in [0.25, 0.3) is 0 Å². The molecule has 0 radical (unpaired) electrons. The second-order valence-corrected chi connectivity index (χ2v) is 7.47. The van der Waals surface area contributed by atoms with Gasteiger partial charge in [-0.1, -0.05) is 37.3 Å². The monoisotopic (exact) mass is 366 g/mol. The molecule has 0 saturated heterocycles. The topological polar surface area (TPSA) is 68.0 Å². The number of hydrogen-bond donors (Lipinski definition) is 1. The van der Waals surface area contributed by atoms with Gasteiger partial charge in [0.1, 0.15) is 17.3 Å². The molecule has 3 aliphatic rings. The van der Waals surface area contributed by atoms with Crippen LogP contribution in [0.2, 0.25) is 0 Å². The summed E-state index contributed by atoms with van der Waals surface area (Å²) < 4.78 is 3.61. The highest BCUT2D eigenvalue weighted by Gasteiger charge is 2.31. The van der Waals surface area contributed by atoms with Gasteiger partial charge in [0.05, 0.1) is 6.54 Å². The lowest BCUT2D eigenvalue weighted by Crippen LogP contribution is -2.32. The van der Waals surface area contributed by atoms with Gasteiger partial charge in [0.15, 0.2) is 5.82 Å². The van der Waals surface area contributed by atoms with Crippen molar-refractivity contribution in [3.63, 3.8) is 0 Å². The van der Waals surface area contributed by atoms with Crippen molar-refractivity contribution in [2.75, 3.05) is 19.4 Å². The second-order valence-electron chi connectivity index (χ2n) is 7.47. The van der Waals surface area contributed by atoms with E-state index in [9.17, 15) is 4.79 Å². The molecule has 7 nitrogen and oxygen atoms in total. The van der Waals surface area contributed by atoms with Gasteiger partial charge in [0.2, 0.25) is 0 Å².